The average molecular weight is 291 g/mol. The summed E-state index contributed by atoms with van der Waals surface area (Å²) in [4.78, 5) is 15.7. The van der Waals surface area contributed by atoms with Crippen LogP contribution in [0.1, 0.15) is 5.56 Å². The lowest BCUT2D eigenvalue weighted by Gasteiger charge is -2.07. The van der Waals surface area contributed by atoms with E-state index in [0.717, 1.165) is 6.07 Å². The van der Waals surface area contributed by atoms with Crippen molar-refractivity contribution in [1.82, 2.24) is 4.89 Å². The average Bonchev–Trinajstić information content (AvgIpc) is 2.28. The molecule has 18 heavy (non-hydrogen) atoms. The Morgan fingerprint density at radius 3 is 2.78 bits per heavy atom. The maximum atomic E-state index is 11.7. The van der Waals surface area contributed by atoms with Gasteiger partial charge in [-0.1, -0.05) is 16.5 Å². The highest BCUT2D eigenvalue weighted by Crippen LogP contribution is 2.22. The molecule has 0 amide bonds. The van der Waals surface area contributed by atoms with Crippen molar-refractivity contribution in [3.8, 4) is 6.07 Å². The highest BCUT2D eigenvalue weighted by Gasteiger charge is 2.19. The van der Waals surface area contributed by atoms with Crippen LogP contribution in [0.25, 0.3) is 0 Å². The van der Waals surface area contributed by atoms with E-state index in [1.807, 2.05) is 0 Å². The zero-order valence-corrected chi connectivity index (χ0v) is 10.3. The minimum absolute atomic E-state index is 0.0954. The summed E-state index contributed by atoms with van der Waals surface area (Å²) >= 11 is 5.68. The van der Waals surface area contributed by atoms with Gasteiger partial charge in [0.2, 0.25) is 0 Å². The van der Waals surface area contributed by atoms with Crippen molar-refractivity contribution in [2.45, 2.75) is 4.90 Å². The summed E-state index contributed by atoms with van der Waals surface area (Å²) in [6.07, 6.45) is 0. The van der Waals surface area contributed by atoms with E-state index < -0.39 is 22.6 Å². The summed E-state index contributed by atoms with van der Waals surface area (Å²) in [6.45, 7) is -0.839. The summed E-state index contributed by atoms with van der Waals surface area (Å²) in [5.41, 5.74) is 0.0954. The van der Waals surface area contributed by atoms with Crippen LogP contribution in [0.2, 0.25) is 5.02 Å². The van der Waals surface area contributed by atoms with Gasteiger partial charge in [0.15, 0.2) is 6.61 Å². The molecule has 1 rings (SSSR count). The van der Waals surface area contributed by atoms with Crippen LogP contribution in [0, 0.1) is 11.3 Å². The molecule has 0 atom stereocenters. The summed E-state index contributed by atoms with van der Waals surface area (Å²) in [7, 11) is -4.14. The third-order valence-corrected chi connectivity index (χ3v) is 3.41. The number of benzene rings is 1. The molecule has 0 unspecified atom stereocenters. The third kappa shape index (κ3) is 3.68. The van der Waals surface area contributed by atoms with Crippen LogP contribution in [0.3, 0.4) is 0 Å². The van der Waals surface area contributed by atoms with Crippen LogP contribution in [0.4, 0.5) is 0 Å². The molecule has 0 aromatic heterocycles. The highest BCUT2D eigenvalue weighted by atomic mass is 35.5. The van der Waals surface area contributed by atoms with Gasteiger partial charge in [0.1, 0.15) is 4.90 Å². The van der Waals surface area contributed by atoms with E-state index in [4.69, 9.17) is 22.0 Å². The van der Waals surface area contributed by atoms with Crippen molar-refractivity contribution < 1.29 is 23.2 Å². The number of carbonyl (C=O) groups is 1. The standard InChI is InChI=1S/C9H7ClN2O5S/c10-7-2-1-6(4-11)3-8(7)18(15,16)12-17-5-9(13)14/h1-3,12H,5H2,(H,13,14). The van der Waals surface area contributed by atoms with Gasteiger partial charge in [-0.15, -0.1) is 0 Å². The number of aliphatic carboxylic acids is 1. The molecule has 1 aromatic rings. The van der Waals surface area contributed by atoms with Crippen LogP contribution in [0.5, 0.6) is 0 Å². The van der Waals surface area contributed by atoms with E-state index in [0.29, 0.717) is 0 Å². The molecule has 0 aliphatic heterocycles. The number of carboxylic acid groups (broad SMARTS) is 1. The number of nitrogens with one attached hydrogen (secondary N) is 1. The first-order valence-electron chi connectivity index (χ1n) is 4.42. The van der Waals surface area contributed by atoms with E-state index in [-0.39, 0.29) is 15.5 Å². The number of nitriles is 1. The number of halogens is 1. The number of hydrogen-bond acceptors (Lipinski definition) is 5. The minimum Gasteiger partial charge on any atom is -0.479 e. The minimum atomic E-state index is -4.14. The lowest BCUT2D eigenvalue weighted by atomic mass is 10.2. The molecule has 0 heterocycles. The largest absolute Gasteiger partial charge is 0.479 e. The quantitative estimate of drug-likeness (QED) is 0.763. The van der Waals surface area contributed by atoms with Gasteiger partial charge in [0.25, 0.3) is 10.0 Å². The van der Waals surface area contributed by atoms with E-state index in [1.165, 1.54) is 12.1 Å². The van der Waals surface area contributed by atoms with E-state index >= 15 is 0 Å². The van der Waals surface area contributed by atoms with Gasteiger partial charge in [0.05, 0.1) is 16.7 Å². The fourth-order valence-corrected chi connectivity index (χ4v) is 2.33. The Morgan fingerprint density at radius 1 is 1.56 bits per heavy atom. The molecule has 0 radical (unpaired) electrons. The second-order valence-electron chi connectivity index (χ2n) is 3.03. The number of hydrogen-bond donors (Lipinski definition) is 2. The zero-order chi connectivity index (χ0) is 13.8. The topological polar surface area (TPSA) is 116 Å². The molecular formula is C9H7ClN2O5S. The first-order valence-corrected chi connectivity index (χ1v) is 6.28. The molecule has 0 aliphatic rings. The van der Waals surface area contributed by atoms with Crippen molar-refractivity contribution in [2.24, 2.45) is 0 Å². The van der Waals surface area contributed by atoms with Gasteiger partial charge in [-0.05, 0) is 18.2 Å². The third-order valence-electron chi connectivity index (χ3n) is 1.71. The molecular weight excluding hydrogens is 284 g/mol. The molecule has 1 aromatic carbocycles. The van der Waals surface area contributed by atoms with Gasteiger partial charge >= 0.3 is 5.97 Å². The molecule has 7 nitrogen and oxygen atoms in total. The predicted molar refractivity (Wildman–Crippen MR) is 60.1 cm³/mol. The molecule has 9 heteroatoms. The Balaban J connectivity index is 2.98. The smallest absolute Gasteiger partial charge is 0.331 e. The Labute approximate surface area is 108 Å². The summed E-state index contributed by atoms with van der Waals surface area (Å²) in [6, 6.07) is 5.39. The van der Waals surface area contributed by atoms with Crippen LogP contribution < -0.4 is 4.89 Å². The summed E-state index contributed by atoms with van der Waals surface area (Å²) in [5, 5.41) is 16.8. The SMILES string of the molecule is N#Cc1ccc(Cl)c(S(=O)(=O)NOCC(=O)O)c1. The molecule has 2 N–H and O–H groups in total. The van der Waals surface area contributed by atoms with Crippen molar-refractivity contribution >= 4 is 27.6 Å². The summed E-state index contributed by atoms with van der Waals surface area (Å²) < 4.78 is 23.4. The van der Waals surface area contributed by atoms with Crippen LogP contribution >= 0.6 is 11.6 Å². The maximum absolute atomic E-state index is 11.7. The first kappa shape index (κ1) is 14.4. The highest BCUT2D eigenvalue weighted by molar-refractivity contribution is 7.89. The van der Waals surface area contributed by atoms with Crippen LogP contribution in [-0.2, 0) is 19.7 Å². The molecule has 0 spiro atoms. The molecule has 0 saturated heterocycles. The van der Waals surface area contributed by atoms with Crippen LogP contribution in [-0.4, -0.2) is 26.1 Å². The number of rotatable bonds is 5. The Bertz CT molecular complexity index is 608. The lowest BCUT2D eigenvalue weighted by molar-refractivity contribution is -0.143. The van der Waals surface area contributed by atoms with Crippen LogP contribution in [0.15, 0.2) is 23.1 Å². The molecule has 0 saturated carbocycles. The monoisotopic (exact) mass is 290 g/mol. The van der Waals surface area contributed by atoms with Gasteiger partial charge in [-0.2, -0.15) is 5.26 Å². The Morgan fingerprint density at radius 2 is 2.22 bits per heavy atom. The summed E-state index contributed by atoms with van der Waals surface area (Å²) in [5.74, 6) is -1.34. The second-order valence-corrected chi connectivity index (χ2v) is 5.05. The fraction of sp³-hybridized carbons (Fsp3) is 0.111. The first-order chi connectivity index (χ1) is 8.36. The fourth-order valence-electron chi connectivity index (χ4n) is 0.993. The van der Waals surface area contributed by atoms with E-state index in [2.05, 4.69) is 4.84 Å². The van der Waals surface area contributed by atoms with Crippen molar-refractivity contribution in [3.63, 3.8) is 0 Å². The predicted octanol–water partition coefficient (Wildman–Crippen LogP) is 0.506. The zero-order valence-electron chi connectivity index (χ0n) is 8.75. The number of carboxylic acids is 1. The van der Waals surface area contributed by atoms with E-state index in [9.17, 15) is 13.2 Å². The van der Waals surface area contributed by atoms with Gasteiger partial charge < -0.3 is 5.11 Å². The Hall–Kier alpha value is -1.66. The number of nitrogens with zero attached hydrogens (tertiary/aromatic N) is 1. The van der Waals surface area contributed by atoms with Crippen molar-refractivity contribution in [1.29, 1.82) is 5.26 Å². The number of sulfonamides is 1. The molecule has 0 fully saturated rings. The molecule has 0 aliphatic carbocycles. The van der Waals surface area contributed by atoms with E-state index in [1.54, 1.807) is 11.0 Å². The Kier molecular flexibility index (Phi) is 4.63. The van der Waals surface area contributed by atoms with Gasteiger partial charge in [-0.3, -0.25) is 4.84 Å². The van der Waals surface area contributed by atoms with Gasteiger partial charge in [-0.25, -0.2) is 13.2 Å². The molecule has 96 valence electrons. The van der Waals surface area contributed by atoms with Crippen molar-refractivity contribution in [2.75, 3.05) is 6.61 Å². The van der Waals surface area contributed by atoms with Gasteiger partial charge in [0, 0.05) is 0 Å². The second kappa shape index (κ2) is 5.79. The maximum Gasteiger partial charge on any atom is 0.331 e. The lowest BCUT2D eigenvalue weighted by Crippen LogP contribution is -2.27. The normalized spacial score (nSPS) is 10.9. The molecule has 0 bridgehead atoms. The van der Waals surface area contributed by atoms with Crippen molar-refractivity contribution in [3.05, 3.63) is 28.8 Å².